The van der Waals surface area contributed by atoms with Gasteiger partial charge in [0.05, 0.1) is 18.6 Å². The Bertz CT molecular complexity index is 752. The standard InChI is InChI=1S/C22H27NO6/c1-23(22(26)28-15-18-11-7-4-8-12-18)19(13-17-9-5-3-6-10-17)20(14-21(24)25)29-16-27-2/h3-12,19-20H,13-16H2,1-2H3,(H,24,25)/t19-,20+/m0/s1. The Morgan fingerprint density at radius 3 is 2.14 bits per heavy atom. The number of nitrogens with zero attached hydrogens (tertiary/aromatic N) is 1. The lowest BCUT2D eigenvalue weighted by Gasteiger charge is -2.33. The van der Waals surface area contributed by atoms with Gasteiger partial charge in [0.25, 0.3) is 0 Å². The van der Waals surface area contributed by atoms with Crippen molar-refractivity contribution in [3.8, 4) is 0 Å². The third-order valence-corrected chi connectivity index (χ3v) is 4.48. The number of rotatable bonds is 11. The van der Waals surface area contributed by atoms with Gasteiger partial charge < -0.3 is 24.2 Å². The van der Waals surface area contributed by atoms with Gasteiger partial charge in [-0.3, -0.25) is 4.79 Å². The molecule has 0 bridgehead atoms. The summed E-state index contributed by atoms with van der Waals surface area (Å²) in [6.07, 6.45) is -1.16. The fraction of sp³-hybridized carbons (Fsp3) is 0.364. The fourth-order valence-corrected chi connectivity index (χ4v) is 2.96. The van der Waals surface area contributed by atoms with Gasteiger partial charge in [-0.15, -0.1) is 0 Å². The van der Waals surface area contributed by atoms with Gasteiger partial charge in [0.2, 0.25) is 0 Å². The lowest BCUT2D eigenvalue weighted by atomic mass is 9.98. The second-order valence-corrected chi connectivity index (χ2v) is 6.62. The molecule has 29 heavy (non-hydrogen) atoms. The van der Waals surface area contributed by atoms with Crippen LogP contribution in [0.3, 0.4) is 0 Å². The topological polar surface area (TPSA) is 85.3 Å². The van der Waals surface area contributed by atoms with E-state index in [0.717, 1.165) is 11.1 Å². The monoisotopic (exact) mass is 401 g/mol. The van der Waals surface area contributed by atoms with E-state index in [0.29, 0.717) is 6.42 Å². The molecular formula is C22H27NO6. The third kappa shape index (κ3) is 7.56. The lowest BCUT2D eigenvalue weighted by molar-refractivity contribution is -0.146. The van der Waals surface area contributed by atoms with Gasteiger partial charge in [0.1, 0.15) is 13.4 Å². The Hall–Kier alpha value is -2.90. The molecule has 0 aromatic heterocycles. The minimum Gasteiger partial charge on any atom is -0.481 e. The van der Waals surface area contributed by atoms with Crippen LogP contribution < -0.4 is 0 Å². The van der Waals surface area contributed by atoms with Crippen molar-refractivity contribution in [3.63, 3.8) is 0 Å². The highest BCUT2D eigenvalue weighted by Crippen LogP contribution is 2.18. The maximum Gasteiger partial charge on any atom is 0.410 e. The first-order valence-electron chi connectivity index (χ1n) is 9.31. The molecule has 1 N–H and O–H groups in total. The van der Waals surface area contributed by atoms with E-state index in [1.807, 2.05) is 60.7 Å². The number of carbonyl (C=O) groups excluding carboxylic acids is 1. The molecule has 0 saturated heterocycles. The van der Waals surface area contributed by atoms with Crippen molar-refractivity contribution in [1.29, 1.82) is 0 Å². The van der Waals surface area contributed by atoms with Crippen molar-refractivity contribution >= 4 is 12.1 Å². The Morgan fingerprint density at radius 2 is 1.59 bits per heavy atom. The molecule has 0 aliphatic rings. The summed E-state index contributed by atoms with van der Waals surface area (Å²) in [5, 5.41) is 9.32. The Labute approximate surface area is 170 Å². The van der Waals surface area contributed by atoms with E-state index in [1.165, 1.54) is 12.0 Å². The highest BCUT2D eigenvalue weighted by Gasteiger charge is 2.32. The lowest BCUT2D eigenvalue weighted by Crippen LogP contribution is -2.48. The summed E-state index contributed by atoms with van der Waals surface area (Å²) in [4.78, 5) is 25.5. The van der Waals surface area contributed by atoms with Crippen LogP contribution in [0.2, 0.25) is 0 Å². The first-order valence-corrected chi connectivity index (χ1v) is 9.31. The Morgan fingerprint density at radius 1 is 1.00 bits per heavy atom. The zero-order valence-corrected chi connectivity index (χ0v) is 16.7. The fourth-order valence-electron chi connectivity index (χ4n) is 2.96. The maximum absolute atomic E-state index is 12.7. The zero-order chi connectivity index (χ0) is 21.1. The smallest absolute Gasteiger partial charge is 0.410 e. The van der Waals surface area contributed by atoms with Gasteiger partial charge in [0, 0.05) is 14.2 Å². The number of carboxylic acid groups (broad SMARTS) is 1. The van der Waals surface area contributed by atoms with Crippen LogP contribution in [0.25, 0.3) is 0 Å². The SMILES string of the molecule is COCO[C@H](CC(=O)O)[C@H](Cc1ccccc1)N(C)C(=O)OCc1ccccc1. The van der Waals surface area contributed by atoms with Crippen molar-refractivity contribution < 1.29 is 28.9 Å². The van der Waals surface area contributed by atoms with E-state index in [9.17, 15) is 14.7 Å². The molecule has 7 heteroatoms. The van der Waals surface area contributed by atoms with Crippen LogP contribution >= 0.6 is 0 Å². The summed E-state index contributed by atoms with van der Waals surface area (Å²) < 4.78 is 16.0. The Balaban J connectivity index is 2.16. The van der Waals surface area contributed by atoms with Crippen LogP contribution in [0.1, 0.15) is 17.5 Å². The van der Waals surface area contributed by atoms with E-state index in [2.05, 4.69) is 0 Å². The molecule has 0 aliphatic carbocycles. The minimum atomic E-state index is -1.02. The minimum absolute atomic E-state index is 0.0733. The summed E-state index contributed by atoms with van der Waals surface area (Å²) >= 11 is 0. The quantitative estimate of drug-likeness (QED) is 0.582. The predicted octanol–water partition coefficient (Wildman–Crippen LogP) is 3.33. The molecule has 0 radical (unpaired) electrons. The summed E-state index contributed by atoms with van der Waals surface area (Å²) in [6.45, 7) is 0.0563. The predicted molar refractivity (Wildman–Crippen MR) is 107 cm³/mol. The van der Waals surface area contributed by atoms with Crippen molar-refractivity contribution in [2.45, 2.75) is 31.6 Å². The summed E-state index contributed by atoms with van der Waals surface area (Å²) in [5.41, 5.74) is 1.82. The second-order valence-electron chi connectivity index (χ2n) is 6.62. The number of carbonyl (C=O) groups is 2. The average molecular weight is 401 g/mol. The summed E-state index contributed by atoms with van der Waals surface area (Å²) in [5.74, 6) is -1.02. The van der Waals surface area contributed by atoms with Gasteiger partial charge in [0.15, 0.2) is 0 Å². The molecule has 1 amide bonds. The molecule has 2 aromatic rings. The molecule has 0 unspecified atom stereocenters. The molecule has 2 aromatic carbocycles. The maximum atomic E-state index is 12.7. The first kappa shape index (κ1) is 22.4. The second kappa shape index (κ2) is 11.8. The number of ether oxygens (including phenoxy) is 3. The molecule has 0 saturated carbocycles. The molecule has 2 atom stereocenters. The van der Waals surface area contributed by atoms with Crippen molar-refractivity contribution in [2.75, 3.05) is 21.0 Å². The van der Waals surface area contributed by atoms with Crippen molar-refractivity contribution in [2.24, 2.45) is 0 Å². The number of aliphatic carboxylic acids is 1. The summed E-state index contributed by atoms with van der Waals surface area (Å²) in [6, 6.07) is 18.3. The summed E-state index contributed by atoms with van der Waals surface area (Å²) in [7, 11) is 3.05. The van der Waals surface area contributed by atoms with E-state index >= 15 is 0 Å². The molecule has 7 nitrogen and oxygen atoms in total. The highest BCUT2D eigenvalue weighted by atomic mass is 16.7. The molecule has 0 spiro atoms. The van der Waals surface area contributed by atoms with Gasteiger partial charge in [-0.25, -0.2) is 4.79 Å². The highest BCUT2D eigenvalue weighted by molar-refractivity contribution is 5.69. The van der Waals surface area contributed by atoms with E-state index in [-0.39, 0.29) is 19.8 Å². The number of benzene rings is 2. The van der Waals surface area contributed by atoms with Gasteiger partial charge in [-0.2, -0.15) is 0 Å². The molecular weight excluding hydrogens is 374 g/mol. The van der Waals surface area contributed by atoms with Crippen LogP contribution in [-0.2, 0) is 32.0 Å². The van der Waals surface area contributed by atoms with Gasteiger partial charge in [-0.05, 0) is 17.5 Å². The van der Waals surface area contributed by atoms with Gasteiger partial charge in [-0.1, -0.05) is 60.7 Å². The average Bonchev–Trinajstić information content (AvgIpc) is 2.74. The third-order valence-electron chi connectivity index (χ3n) is 4.48. The van der Waals surface area contributed by atoms with Crippen LogP contribution in [-0.4, -0.2) is 55.2 Å². The van der Waals surface area contributed by atoms with Gasteiger partial charge >= 0.3 is 12.1 Å². The van der Waals surface area contributed by atoms with Crippen LogP contribution in [0, 0.1) is 0 Å². The van der Waals surface area contributed by atoms with E-state index in [4.69, 9.17) is 14.2 Å². The van der Waals surface area contributed by atoms with Crippen LogP contribution in [0.15, 0.2) is 60.7 Å². The number of carboxylic acids is 1. The normalized spacial score (nSPS) is 12.8. The van der Waals surface area contributed by atoms with E-state index < -0.39 is 24.2 Å². The van der Waals surface area contributed by atoms with Crippen LogP contribution in [0.4, 0.5) is 4.79 Å². The molecule has 156 valence electrons. The largest absolute Gasteiger partial charge is 0.481 e. The van der Waals surface area contributed by atoms with Crippen molar-refractivity contribution in [3.05, 3.63) is 71.8 Å². The van der Waals surface area contributed by atoms with E-state index in [1.54, 1.807) is 7.05 Å². The number of methoxy groups -OCH3 is 1. The molecule has 2 rings (SSSR count). The number of hydrogen-bond acceptors (Lipinski definition) is 5. The number of hydrogen-bond donors (Lipinski definition) is 1. The number of likely N-dealkylation sites (N-methyl/N-ethyl adjacent to an activating group) is 1. The number of amides is 1. The molecule has 0 aliphatic heterocycles. The molecule has 0 fully saturated rings. The first-order chi connectivity index (χ1) is 14.0. The molecule has 0 heterocycles. The Kier molecular flexibility index (Phi) is 9.14. The zero-order valence-electron chi connectivity index (χ0n) is 16.7. The van der Waals surface area contributed by atoms with Crippen LogP contribution in [0.5, 0.6) is 0 Å². The van der Waals surface area contributed by atoms with Crippen molar-refractivity contribution in [1.82, 2.24) is 4.90 Å².